The highest BCUT2D eigenvalue weighted by Gasteiger charge is 2.17. The molecule has 3 nitrogen and oxygen atoms in total. The van der Waals surface area contributed by atoms with E-state index in [1.54, 1.807) is 0 Å². The Morgan fingerprint density at radius 3 is 2.00 bits per heavy atom. The first-order valence-corrected chi connectivity index (χ1v) is 14.8. The summed E-state index contributed by atoms with van der Waals surface area (Å²) >= 11 is 6.89. The van der Waals surface area contributed by atoms with Crippen molar-refractivity contribution in [2.75, 3.05) is 19.0 Å². The van der Waals surface area contributed by atoms with Crippen LogP contribution >= 0.6 is 45.7 Å². The molecule has 0 saturated heterocycles. The standard InChI is InChI=1S/C28H25N3S4/c1-16(2)13-19-9-12-22(32-19)20-10-11-21(28-27(20)29-35-30-28)24-15-26-25(34-24)14-23(33-26)17-5-7-18(8-6-17)31(3)4/h5-12,14-16H,13H2,1-4H3. The summed E-state index contributed by atoms with van der Waals surface area (Å²) in [6.45, 7) is 4.54. The molecule has 0 N–H and O–H groups in total. The molecule has 0 atom stereocenters. The Bertz CT molecular complexity index is 1600. The average molecular weight is 532 g/mol. The van der Waals surface area contributed by atoms with Crippen molar-refractivity contribution in [1.82, 2.24) is 8.75 Å². The van der Waals surface area contributed by atoms with Gasteiger partial charge in [0.2, 0.25) is 0 Å². The van der Waals surface area contributed by atoms with Crippen LogP contribution in [0.5, 0.6) is 0 Å². The van der Waals surface area contributed by atoms with Crippen molar-refractivity contribution in [3.8, 4) is 31.3 Å². The van der Waals surface area contributed by atoms with Gasteiger partial charge in [0, 0.05) is 59.8 Å². The van der Waals surface area contributed by atoms with Crippen LogP contribution in [0, 0.1) is 5.92 Å². The van der Waals surface area contributed by atoms with Gasteiger partial charge < -0.3 is 4.90 Å². The van der Waals surface area contributed by atoms with E-state index in [4.69, 9.17) is 8.75 Å². The van der Waals surface area contributed by atoms with Crippen molar-refractivity contribution in [2.45, 2.75) is 20.3 Å². The Balaban J connectivity index is 1.34. The smallest absolute Gasteiger partial charge is 0.114 e. The second-order valence-corrected chi connectivity index (χ2v) is 13.2. The van der Waals surface area contributed by atoms with Crippen LogP contribution in [0.15, 0.2) is 60.7 Å². The van der Waals surface area contributed by atoms with E-state index < -0.39 is 0 Å². The van der Waals surface area contributed by atoms with Crippen molar-refractivity contribution in [3.63, 3.8) is 0 Å². The van der Waals surface area contributed by atoms with Gasteiger partial charge >= 0.3 is 0 Å². The maximum Gasteiger partial charge on any atom is 0.114 e. The lowest BCUT2D eigenvalue weighted by molar-refractivity contribution is 0.654. The first-order valence-electron chi connectivity index (χ1n) is 11.6. The molecule has 0 bridgehead atoms. The fourth-order valence-corrected chi connectivity index (χ4v) is 8.58. The summed E-state index contributed by atoms with van der Waals surface area (Å²) in [4.78, 5) is 7.42. The molecule has 0 saturated carbocycles. The van der Waals surface area contributed by atoms with Gasteiger partial charge in [-0.1, -0.05) is 38.1 Å². The third-order valence-corrected chi connectivity index (χ3v) is 10.1. The summed E-state index contributed by atoms with van der Waals surface area (Å²) in [5, 5.41) is 0. The fourth-order valence-electron chi connectivity index (χ4n) is 4.33. The molecule has 0 unspecified atom stereocenters. The largest absolute Gasteiger partial charge is 0.378 e. The molecule has 2 aromatic carbocycles. The molecule has 6 aromatic rings. The molecule has 0 aliphatic heterocycles. The van der Waals surface area contributed by atoms with Crippen LogP contribution in [0.1, 0.15) is 18.7 Å². The summed E-state index contributed by atoms with van der Waals surface area (Å²) in [5.74, 6) is 0.662. The predicted molar refractivity (Wildman–Crippen MR) is 158 cm³/mol. The summed E-state index contributed by atoms with van der Waals surface area (Å²) in [5.41, 5.74) is 6.90. The van der Waals surface area contributed by atoms with Crippen LogP contribution in [0.2, 0.25) is 0 Å². The molecule has 176 valence electrons. The highest BCUT2D eigenvalue weighted by atomic mass is 32.1. The molecule has 0 fully saturated rings. The second kappa shape index (κ2) is 9.13. The van der Waals surface area contributed by atoms with E-state index >= 15 is 0 Å². The molecule has 0 aliphatic rings. The van der Waals surface area contributed by atoms with Gasteiger partial charge in [-0.05, 0) is 54.3 Å². The third-order valence-electron chi connectivity index (χ3n) is 6.09. The Kier molecular flexibility index (Phi) is 5.96. The Morgan fingerprint density at radius 1 is 0.714 bits per heavy atom. The number of aromatic nitrogens is 2. The van der Waals surface area contributed by atoms with E-state index in [9.17, 15) is 0 Å². The van der Waals surface area contributed by atoms with Crippen molar-refractivity contribution >= 4 is 71.9 Å². The maximum absolute atomic E-state index is 4.72. The van der Waals surface area contributed by atoms with Gasteiger partial charge in [0.15, 0.2) is 0 Å². The van der Waals surface area contributed by atoms with E-state index in [0.29, 0.717) is 5.92 Å². The highest BCUT2D eigenvalue weighted by Crippen LogP contribution is 2.44. The molecule has 0 radical (unpaired) electrons. The molecule has 35 heavy (non-hydrogen) atoms. The quantitative estimate of drug-likeness (QED) is 0.214. The van der Waals surface area contributed by atoms with E-state index in [1.165, 1.54) is 63.0 Å². The minimum atomic E-state index is 0.662. The normalized spacial score (nSPS) is 11.8. The van der Waals surface area contributed by atoms with Crippen molar-refractivity contribution in [2.24, 2.45) is 5.92 Å². The summed E-state index contributed by atoms with van der Waals surface area (Å²) in [6, 6.07) is 22.4. The van der Waals surface area contributed by atoms with E-state index in [2.05, 4.69) is 93.5 Å². The number of thiophene rings is 3. The molecular weight excluding hydrogens is 507 g/mol. The summed E-state index contributed by atoms with van der Waals surface area (Å²) in [7, 11) is 4.15. The minimum Gasteiger partial charge on any atom is -0.378 e. The van der Waals surface area contributed by atoms with Gasteiger partial charge in [0.25, 0.3) is 0 Å². The number of nitrogens with zero attached hydrogens (tertiary/aromatic N) is 3. The van der Waals surface area contributed by atoms with Crippen molar-refractivity contribution in [3.05, 3.63) is 65.5 Å². The molecule has 0 aliphatic carbocycles. The zero-order valence-electron chi connectivity index (χ0n) is 20.0. The lowest BCUT2D eigenvalue weighted by Crippen LogP contribution is -2.07. The second-order valence-electron chi connectivity index (χ2n) is 9.38. The molecule has 4 aromatic heterocycles. The van der Waals surface area contributed by atoms with Crippen LogP contribution < -0.4 is 4.90 Å². The van der Waals surface area contributed by atoms with Gasteiger partial charge in [-0.2, -0.15) is 8.75 Å². The number of hydrogen-bond acceptors (Lipinski definition) is 7. The molecule has 7 heteroatoms. The molecule has 0 spiro atoms. The molecule has 0 amide bonds. The van der Waals surface area contributed by atoms with Crippen LogP contribution in [0.4, 0.5) is 5.69 Å². The van der Waals surface area contributed by atoms with Crippen molar-refractivity contribution < 1.29 is 0 Å². The van der Waals surface area contributed by atoms with Crippen LogP contribution in [0.3, 0.4) is 0 Å². The number of rotatable bonds is 6. The SMILES string of the molecule is CC(C)Cc1ccc(-c2ccc(-c3cc4sc(-c5ccc(N(C)C)cc5)cc4s3)c3nsnc23)s1. The first kappa shape index (κ1) is 22.9. The van der Waals surface area contributed by atoms with Gasteiger partial charge in [0.1, 0.15) is 11.0 Å². The van der Waals surface area contributed by atoms with E-state index in [0.717, 1.165) is 17.5 Å². The Morgan fingerprint density at radius 2 is 1.34 bits per heavy atom. The number of fused-ring (bicyclic) bond motifs is 2. The van der Waals surface area contributed by atoms with Crippen LogP contribution in [0.25, 0.3) is 51.8 Å². The predicted octanol–water partition coefficient (Wildman–Crippen LogP) is 9.29. The van der Waals surface area contributed by atoms with Gasteiger partial charge in [-0.15, -0.1) is 34.0 Å². The molecular formula is C28H25N3S4. The van der Waals surface area contributed by atoms with Gasteiger partial charge in [0.05, 0.1) is 11.7 Å². The zero-order valence-corrected chi connectivity index (χ0v) is 23.3. The van der Waals surface area contributed by atoms with E-state index in [-0.39, 0.29) is 0 Å². The van der Waals surface area contributed by atoms with Gasteiger partial charge in [-0.3, -0.25) is 0 Å². The molecule has 4 heterocycles. The topological polar surface area (TPSA) is 29.0 Å². The lowest BCUT2D eigenvalue weighted by atomic mass is 10.1. The summed E-state index contributed by atoms with van der Waals surface area (Å²) in [6.07, 6.45) is 1.12. The van der Waals surface area contributed by atoms with E-state index in [1.807, 2.05) is 34.0 Å². The Labute approximate surface area is 221 Å². The maximum atomic E-state index is 4.72. The average Bonchev–Trinajstić information content (AvgIpc) is 3.61. The number of benzene rings is 2. The zero-order chi connectivity index (χ0) is 24.1. The number of anilines is 1. The lowest BCUT2D eigenvalue weighted by Gasteiger charge is -2.12. The first-order chi connectivity index (χ1) is 17.0. The van der Waals surface area contributed by atoms with Crippen molar-refractivity contribution in [1.29, 1.82) is 0 Å². The van der Waals surface area contributed by atoms with Gasteiger partial charge in [-0.25, -0.2) is 0 Å². The minimum absolute atomic E-state index is 0.662. The molecule has 6 rings (SSSR count). The van der Waals surface area contributed by atoms with Crippen LogP contribution in [-0.2, 0) is 6.42 Å². The number of hydrogen-bond donors (Lipinski definition) is 0. The monoisotopic (exact) mass is 531 g/mol. The highest BCUT2D eigenvalue weighted by molar-refractivity contribution is 7.31. The summed E-state index contributed by atoms with van der Waals surface area (Å²) < 4.78 is 12.1. The third kappa shape index (κ3) is 4.31. The Hall–Kier alpha value is -2.58. The van der Waals surface area contributed by atoms with Crippen LogP contribution in [-0.4, -0.2) is 22.8 Å². The fraction of sp³-hybridized carbons (Fsp3) is 0.214.